The molecule has 2 N–H and O–H groups in total. The minimum Gasteiger partial charge on any atom is -0.480 e. The Balaban J connectivity index is 2.59. The Morgan fingerprint density at radius 3 is 2.41 bits per heavy atom. The first-order chi connectivity index (χ1) is 7.70. The number of carbonyl (C=O) groups is 2. The highest BCUT2D eigenvalue weighted by Gasteiger charge is 2.39. The van der Waals surface area contributed by atoms with E-state index in [2.05, 4.69) is 0 Å². The predicted molar refractivity (Wildman–Crippen MR) is 49.0 cm³/mol. The van der Waals surface area contributed by atoms with Gasteiger partial charge in [0.2, 0.25) is 5.91 Å². The Bertz CT molecular complexity index is 318. The first-order valence-electron chi connectivity index (χ1n) is 4.98. The molecule has 0 radical (unpaired) electrons. The van der Waals surface area contributed by atoms with Gasteiger partial charge in [0.15, 0.2) is 0 Å². The fraction of sp³-hybridized carbons (Fsp3) is 0.778. The van der Waals surface area contributed by atoms with Crippen LogP contribution < -0.4 is 0 Å². The molecule has 5 nitrogen and oxygen atoms in total. The minimum atomic E-state index is -4.45. The normalized spacial score (nSPS) is 25.1. The van der Waals surface area contributed by atoms with E-state index in [1.54, 1.807) is 0 Å². The van der Waals surface area contributed by atoms with Crippen LogP contribution in [0.5, 0.6) is 0 Å². The second-order valence-corrected chi connectivity index (χ2v) is 3.90. The summed E-state index contributed by atoms with van der Waals surface area (Å²) in [5, 5.41) is 18.0. The fourth-order valence-electron chi connectivity index (χ4n) is 1.72. The van der Waals surface area contributed by atoms with Crippen LogP contribution in [0.25, 0.3) is 0 Å². The summed E-state index contributed by atoms with van der Waals surface area (Å²) in [6, 6.07) is -1.23. The number of carboxylic acid groups (broad SMARTS) is 1. The third kappa shape index (κ3) is 3.88. The van der Waals surface area contributed by atoms with Crippen LogP contribution in [0, 0.1) is 0 Å². The zero-order chi connectivity index (χ0) is 13.2. The number of amides is 1. The van der Waals surface area contributed by atoms with Crippen LogP contribution in [0.4, 0.5) is 13.2 Å². The van der Waals surface area contributed by atoms with E-state index >= 15 is 0 Å². The zero-order valence-electron chi connectivity index (χ0n) is 8.78. The van der Waals surface area contributed by atoms with Crippen LogP contribution in [0.2, 0.25) is 0 Å². The molecule has 0 aliphatic carbocycles. The van der Waals surface area contributed by atoms with Crippen molar-refractivity contribution in [1.29, 1.82) is 0 Å². The van der Waals surface area contributed by atoms with E-state index in [4.69, 9.17) is 5.11 Å². The van der Waals surface area contributed by atoms with E-state index in [9.17, 15) is 27.9 Å². The van der Waals surface area contributed by atoms with Gasteiger partial charge in [0.1, 0.15) is 6.04 Å². The molecule has 2 atom stereocenters. The molecule has 17 heavy (non-hydrogen) atoms. The van der Waals surface area contributed by atoms with E-state index < -0.39 is 43.0 Å². The Morgan fingerprint density at radius 1 is 1.35 bits per heavy atom. The molecule has 1 heterocycles. The van der Waals surface area contributed by atoms with Gasteiger partial charge < -0.3 is 15.1 Å². The quantitative estimate of drug-likeness (QED) is 0.764. The minimum absolute atomic E-state index is 0.146. The molecular weight excluding hydrogens is 243 g/mol. The maximum Gasteiger partial charge on any atom is 0.389 e. The van der Waals surface area contributed by atoms with E-state index in [1.807, 2.05) is 0 Å². The Kier molecular flexibility index (Phi) is 3.97. The lowest BCUT2D eigenvalue weighted by Gasteiger charge is -2.21. The first-order valence-corrected chi connectivity index (χ1v) is 4.98. The molecule has 0 saturated carbocycles. The van der Waals surface area contributed by atoms with Gasteiger partial charge in [-0.1, -0.05) is 0 Å². The van der Waals surface area contributed by atoms with Gasteiger partial charge in [-0.15, -0.1) is 0 Å². The van der Waals surface area contributed by atoms with Crippen molar-refractivity contribution >= 4 is 11.9 Å². The van der Waals surface area contributed by atoms with Crippen LogP contribution in [0.3, 0.4) is 0 Å². The summed E-state index contributed by atoms with van der Waals surface area (Å²) in [7, 11) is 0. The smallest absolute Gasteiger partial charge is 0.389 e. The fourth-order valence-corrected chi connectivity index (χ4v) is 1.72. The van der Waals surface area contributed by atoms with Crippen molar-refractivity contribution in [2.24, 2.45) is 0 Å². The van der Waals surface area contributed by atoms with Gasteiger partial charge in [0.25, 0.3) is 0 Å². The summed E-state index contributed by atoms with van der Waals surface area (Å²) >= 11 is 0. The first kappa shape index (κ1) is 13.8. The van der Waals surface area contributed by atoms with Crippen molar-refractivity contribution in [3.8, 4) is 0 Å². The Labute approximate surface area is 94.8 Å². The summed E-state index contributed by atoms with van der Waals surface area (Å²) in [4.78, 5) is 22.9. The molecule has 8 heteroatoms. The third-order valence-corrected chi connectivity index (χ3v) is 2.51. The molecule has 1 aliphatic rings. The summed E-state index contributed by atoms with van der Waals surface area (Å²) < 4.78 is 35.7. The third-order valence-electron chi connectivity index (χ3n) is 2.51. The number of nitrogens with zero attached hydrogens (tertiary/aromatic N) is 1. The molecule has 1 rings (SSSR count). The monoisotopic (exact) mass is 255 g/mol. The number of β-amino-alcohol motifs (C(OH)–C–C–N with tert-alkyl or cyclic N) is 1. The Hall–Kier alpha value is -1.31. The lowest BCUT2D eigenvalue weighted by molar-refractivity contribution is -0.154. The van der Waals surface area contributed by atoms with Crippen LogP contribution >= 0.6 is 0 Å². The average Bonchev–Trinajstić information content (AvgIpc) is 2.55. The van der Waals surface area contributed by atoms with Crippen molar-refractivity contribution < 1.29 is 33.0 Å². The van der Waals surface area contributed by atoms with Crippen molar-refractivity contribution in [2.45, 2.75) is 37.6 Å². The van der Waals surface area contributed by atoms with Crippen LogP contribution in [-0.2, 0) is 9.59 Å². The van der Waals surface area contributed by atoms with Crippen LogP contribution in [0.1, 0.15) is 19.3 Å². The Morgan fingerprint density at radius 2 is 1.94 bits per heavy atom. The van der Waals surface area contributed by atoms with E-state index in [-0.39, 0.29) is 13.0 Å². The van der Waals surface area contributed by atoms with Gasteiger partial charge in [0.05, 0.1) is 12.5 Å². The SMILES string of the molecule is O=C(O)C1CC(O)CN1C(=O)CCC(F)(F)F. The largest absolute Gasteiger partial charge is 0.480 e. The molecule has 1 aliphatic heterocycles. The van der Waals surface area contributed by atoms with Crippen molar-refractivity contribution in [2.75, 3.05) is 6.54 Å². The maximum atomic E-state index is 11.9. The van der Waals surface area contributed by atoms with Crippen LogP contribution in [0.15, 0.2) is 0 Å². The zero-order valence-corrected chi connectivity index (χ0v) is 8.78. The van der Waals surface area contributed by atoms with Gasteiger partial charge in [-0.2, -0.15) is 13.2 Å². The van der Waals surface area contributed by atoms with Crippen LogP contribution in [-0.4, -0.2) is 51.9 Å². The van der Waals surface area contributed by atoms with Crippen molar-refractivity contribution in [3.05, 3.63) is 0 Å². The number of rotatable bonds is 3. The van der Waals surface area contributed by atoms with Crippen molar-refractivity contribution in [1.82, 2.24) is 4.90 Å². The molecular formula is C9H12F3NO4. The average molecular weight is 255 g/mol. The molecule has 0 aromatic carbocycles. The number of carbonyl (C=O) groups excluding carboxylic acids is 1. The van der Waals surface area contributed by atoms with Gasteiger partial charge in [-0.25, -0.2) is 4.79 Å². The van der Waals surface area contributed by atoms with E-state index in [0.717, 1.165) is 4.90 Å². The number of hydrogen-bond donors (Lipinski definition) is 2. The number of aliphatic hydroxyl groups excluding tert-OH is 1. The van der Waals surface area contributed by atoms with Gasteiger partial charge >= 0.3 is 12.1 Å². The molecule has 2 unspecified atom stereocenters. The lowest BCUT2D eigenvalue weighted by Crippen LogP contribution is -2.40. The summed E-state index contributed by atoms with van der Waals surface area (Å²) in [6.07, 6.45) is -7.67. The van der Waals surface area contributed by atoms with Crippen molar-refractivity contribution in [3.63, 3.8) is 0 Å². The number of alkyl halides is 3. The molecule has 1 fully saturated rings. The predicted octanol–water partition coefficient (Wildman–Crippen LogP) is 0.375. The topological polar surface area (TPSA) is 77.8 Å². The highest BCUT2D eigenvalue weighted by Crippen LogP contribution is 2.24. The van der Waals surface area contributed by atoms with Gasteiger partial charge in [0, 0.05) is 19.4 Å². The maximum absolute atomic E-state index is 11.9. The molecule has 1 amide bonds. The second-order valence-electron chi connectivity index (χ2n) is 3.90. The number of carboxylic acids is 1. The van der Waals surface area contributed by atoms with E-state index in [1.165, 1.54) is 0 Å². The molecule has 0 aromatic heterocycles. The second kappa shape index (κ2) is 4.91. The summed E-state index contributed by atoms with van der Waals surface area (Å²) in [5.74, 6) is -2.21. The highest BCUT2D eigenvalue weighted by atomic mass is 19.4. The number of halogens is 3. The van der Waals surface area contributed by atoms with Gasteiger partial charge in [-0.3, -0.25) is 4.79 Å². The number of aliphatic hydroxyl groups is 1. The highest BCUT2D eigenvalue weighted by molar-refractivity contribution is 5.84. The number of hydrogen-bond acceptors (Lipinski definition) is 3. The molecule has 1 saturated heterocycles. The molecule has 98 valence electrons. The standard InChI is InChI=1S/C9H12F3NO4/c10-9(11,12)2-1-7(15)13-4-5(14)3-6(13)8(16)17/h5-6,14H,1-4H2,(H,16,17). The summed E-state index contributed by atoms with van der Waals surface area (Å²) in [5.41, 5.74) is 0. The lowest BCUT2D eigenvalue weighted by atomic mass is 10.2. The molecule has 0 bridgehead atoms. The number of aliphatic carboxylic acids is 1. The number of likely N-dealkylation sites (tertiary alicyclic amines) is 1. The molecule has 0 spiro atoms. The van der Waals surface area contributed by atoms with Gasteiger partial charge in [-0.05, 0) is 0 Å². The molecule has 0 aromatic rings. The summed E-state index contributed by atoms with van der Waals surface area (Å²) in [6.45, 7) is -0.229. The van der Waals surface area contributed by atoms with E-state index in [0.29, 0.717) is 0 Å².